The first-order valence-electron chi connectivity index (χ1n) is 6.24. The van der Waals surface area contributed by atoms with Crippen molar-refractivity contribution in [3.8, 4) is 0 Å². The Balaban J connectivity index is 2.68. The predicted octanol–water partition coefficient (Wildman–Crippen LogP) is 1.90. The second kappa shape index (κ2) is 6.38. The van der Waals surface area contributed by atoms with Gasteiger partial charge >= 0.3 is 0 Å². The molecule has 0 aliphatic rings. The maximum atomic E-state index is 13.4. The van der Waals surface area contributed by atoms with Crippen LogP contribution in [-0.2, 0) is 9.84 Å². The molecule has 118 valence electrons. The number of hydrogen-bond acceptors (Lipinski definition) is 3. The molecule has 0 aromatic heterocycles. The van der Waals surface area contributed by atoms with Crippen LogP contribution in [0.15, 0.2) is 23.2 Å². The molecule has 0 aliphatic carbocycles. The summed E-state index contributed by atoms with van der Waals surface area (Å²) in [5, 5.41) is 2.44. The number of aliphatic imine (C=N–C) groups is 1. The summed E-state index contributed by atoms with van der Waals surface area (Å²) < 4.78 is 48.5. The van der Waals surface area contributed by atoms with Crippen molar-refractivity contribution in [3.05, 3.63) is 29.8 Å². The highest BCUT2D eigenvalue weighted by molar-refractivity contribution is 7.92. The maximum Gasteiger partial charge on any atom is 0.193 e. The highest BCUT2D eigenvalue weighted by Crippen LogP contribution is 2.19. The lowest BCUT2D eigenvalue weighted by molar-refractivity contribution is 0.536. The number of rotatable bonds is 5. The van der Waals surface area contributed by atoms with Crippen LogP contribution in [0.1, 0.15) is 20.3 Å². The van der Waals surface area contributed by atoms with Gasteiger partial charge in [-0.15, -0.1) is 0 Å². The lowest BCUT2D eigenvalue weighted by Crippen LogP contribution is -2.32. The number of guanidine groups is 1. The molecule has 21 heavy (non-hydrogen) atoms. The lowest BCUT2D eigenvalue weighted by atomic mass is 10.1. The Bertz CT molecular complexity index is 643. The Morgan fingerprint density at radius 1 is 1.38 bits per heavy atom. The van der Waals surface area contributed by atoms with Gasteiger partial charge in [-0.05, 0) is 32.4 Å². The quantitative estimate of drug-likeness (QED) is 0.641. The van der Waals surface area contributed by atoms with E-state index in [0.29, 0.717) is 0 Å². The molecule has 3 N–H and O–H groups in total. The minimum absolute atomic E-state index is 0.108. The van der Waals surface area contributed by atoms with Crippen molar-refractivity contribution in [1.82, 2.24) is 0 Å². The Labute approximate surface area is 123 Å². The van der Waals surface area contributed by atoms with Crippen LogP contribution < -0.4 is 11.1 Å². The van der Waals surface area contributed by atoms with E-state index >= 15 is 0 Å². The smallest absolute Gasteiger partial charge is 0.193 e. The molecule has 0 bridgehead atoms. The average molecular weight is 319 g/mol. The van der Waals surface area contributed by atoms with Gasteiger partial charge in [-0.1, -0.05) is 0 Å². The molecule has 1 rings (SSSR count). The van der Waals surface area contributed by atoms with Crippen LogP contribution in [0.2, 0.25) is 0 Å². The van der Waals surface area contributed by atoms with Crippen molar-refractivity contribution in [3.63, 3.8) is 0 Å². The van der Waals surface area contributed by atoms with Crippen molar-refractivity contribution in [2.24, 2.45) is 10.7 Å². The Hall–Kier alpha value is -1.70. The van der Waals surface area contributed by atoms with Crippen molar-refractivity contribution < 1.29 is 17.2 Å². The zero-order chi connectivity index (χ0) is 16.3. The third-order valence-electron chi connectivity index (χ3n) is 3.19. The first-order valence-corrected chi connectivity index (χ1v) is 8.14. The summed E-state index contributed by atoms with van der Waals surface area (Å²) in [7, 11) is -3.21. The zero-order valence-electron chi connectivity index (χ0n) is 12.2. The topological polar surface area (TPSA) is 84.5 Å². The molecule has 0 atom stereocenters. The van der Waals surface area contributed by atoms with Crippen LogP contribution in [0.4, 0.5) is 14.5 Å². The molecule has 0 heterocycles. The molecule has 0 radical (unpaired) electrons. The number of sulfone groups is 1. The Kier molecular flexibility index (Phi) is 5.27. The number of nitrogens with two attached hydrogens (primary N) is 1. The number of nitrogens with zero attached hydrogens (tertiary/aromatic N) is 1. The van der Waals surface area contributed by atoms with Crippen molar-refractivity contribution in [1.29, 1.82) is 0 Å². The van der Waals surface area contributed by atoms with Crippen molar-refractivity contribution in [2.45, 2.75) is 25.0 Å². The van der Waals surface area contributed by atoms with E-state index in [4.69, 9.17) is 5.73 Å². The van der Waals surface area contributed by atoms with E-state index in [2.05, 4.69) is 10.3 Å². The normalized spacial score (nSPS) is 13.3. The minimum atomic E-state index is -3.21. The Morgan fingerprint density at radius 3 is 2.57 bits per heavy atom. The first kappa shape index (κ1) is 17.4. The van der Waals surface area contributed by atoms with E-state index in [1.165, 1.54) is 0 Å². The van der Waals surface area contributed by atoms with Crippen LogP contribution in [-0.4, -0.2) is 31.9 Å². The predicted molar refractivity (Wildman–Crippen MR) is 80.0 cm³/mol. The highest BCUT2D eigenvalue weighted by Gasteiger charge is 2.29. The number of anilines is 1. The van der Waals surface area contributed by atoms with Gasteiger partial charge in [-0.2, -0.15) is 0 Å². The highest BCUT2D eigenvalue weighted by atomic mass is 32.2. The fourth-order valence-electron chi connectivity index (χ4n) is 1.40. The van der Waals surface area contributed by atoms with Crippen molar-refractivity contribution >= 4 is 21.5 Å². The zero-order valence-corrected chi connectivity index (χ0v) is 13.0. The monoisotopic (exact) mass is 319 g/mol. The van der Waals surface area contributed by atoms with Gasteiger partial charge in [0.15, 0.2) is 15.8 Å². The van der Waals surface area contributed by atoms with E-state index in [9.17, 15) is 17.2 Å². The van der Waals surface area contributed by atoms with E-state index in [-0.39, 0.29) is 24.6 Å². The third kappa shape index (κ3) is 4.96. The van der Waals surface area contributed by atoms with Gasteiger partial charge in [0.1, 0.15) is 11.6 Å². The number of halogens is 2. The standard InChI is InChI=1S/C13H19F2N3O2S/c1-13(2,21(3,19)20)6-7-17-12(16)18-11-8-9(14)4-5-10(11)15/h4-5,8H,6-7H2,1-3H3,(H3,16,17,18). The molecule has 5 nitrogen and oxygen atoms in total. The maximum absolute atomic E-state index is 13.4. The van der Waals surface area contributed by atoms with Gasteiger partial charge in [0.25, 0.3) is 0 Å². The number of nitrogens with one attached hydrogen (secondary N) is 1. The molecular formula is C13H19F2N3O2S. The van der Waals surface area contributed by atoms with Crippen LogP contribution in [0.5, 0.6) is 0 Å². The van der Waals surface area contributed by atoms with Crippen LogP contribution in [0.25, 0.3) is 0 Å². The van der Waals surface area contributed by atoms with Gasteiger partial charge in [-0.3, -0.25) is 4.99 Å². The van der Waals surface area contributed by atoms with Crippen LogP contribution >= 0.6 is 0 Å². The Morgan fingerprint density at radius 2 is 2.00 bits per heavy atom. The summed E-state index contributed by atoms with van der Waals surface area (Å²) in [6, 6.07) is 2.92. The summed E-state index contributed by atoms with van der Waals surface area (Å²) >= 11 is 0. The average Bonchev–Trinajstić information content (AvgIpc) is 2.32. The molecule has 0 amide bonds. The molecule has 0 saturated carbocycles. The van der Waals surface area contributed by atoms with Crippen LogP contribution in [0.3, 0.4) is 0 Å². The van der Waals surface area contributed by atoms with Gasteiger partial charge in [0.2, 0.25) is 0 Å². The van der Waals surface area contributed by atoms with Gasteiger partial charge in [-0.25, -0.2) is 17.2 Å². The number of benzene rings is 1. The van der Waals surface area contributed by atoms with Crippen LogP contribution in [0, 0.1) is 11.6 Å². The molecule has 0 unspecified atom stereocenters. The largest absolute Gasteiger partial charge is 0.370 e. The van der Waals surface area contributed by atoms with Gasteiger partial charge < -0.3 is 11.1 Å². The molecule has 0 fully saturated rings. The van der Waals surface area contributed by atoms with E-state index in [0.717, 1.165) is 24.5 Å². The molecular weight excluding hydrogens is 300 g/mol. The summed E-state index contributed by atoms with van der Waals surface area (Å²) in [4.78, 5) is 3.92. The summed E-state index contributed by atoms with van der Waals surface area (Å²) in [6.45, 7) is 3.33. The number of hydrogen-bond donors (Lipinski definition) is 2. The minimum Gasteiger partial charge on any atom is -0.370 e. The lowest BCUT2D eigenvalue weighted by Gasteiger charge is -2.21. The molecule has 1 aromatic carbocycles. The van der Waals surface area contributed by atoms with Gasteiger partial charge in [0.05, 0.1) is 10.4 Å². The molecule has 1 aromatic rings. The molecule has 8 heteroatoms. The summed E-state index contributed by atoms with van der Waals surface area (Å²) in [5.74, 6) is -1.38. The fourth-order valence-corrected chi connectivity index (χ4v) is 1.86. The van der Waals surface area contributed by atoms with Crippen molar-refractivity contribution in [2.75, 3.05) is 18.1 Å². The molecule has 0 spiro atoms. The fraction of sp³-hybridized carbons (Fsp3) is 0.462. The second-order valence-electron chi connectivity index (χ2n) is 5.30. The third-order valence-corrected chi connectivity index (χ3v) is 5.40. The summed E-state index contributed by atoms with van der Waals surface area (Å²) in [5.41, 5.74) is 5.44. The molecule has 0 saturated heterocycles. The molecule has 0 aliphatic heterocycles. The van der Waals surface area contributed by atoms with E-state index in [1.54, 1.807) is 13.8 Å². The second-order valence-corrected chi connectivity index (χ2v) is 7.95. The first-order chi connectivity index (χ1) is 9.53. The SMILES string of the molecule is CC(C)(CCN=C(N)Nc1cc(F)ccc1F)S(C)(=O)=O. The van der Waals surface area contributed by atoms with E-state index in [1.807, 2.05) is 0 Å². The van der Waals surface area contributed by atoms with E-state index < -0.39 is 26.2 Å². The summed E-state index contributed by atoms with van der Waals surface area (Å²) in [6.07, 6.45) is 1.42. The van der Waals surface area contributed by atoms with Gasteiger partial charge in [0, 0.05) is 18.9 Å².